The summed E-state index contributed by atoms with van der Waals surface area (Å²) in [6.45, 7) is 2.12. The highest BCUT2D eigenvalue weighted by Crippen LogP contribution is 2.23. The maximum atomic E-state index is 12.5. The molecule has 0 radical (unpaired) electrons. The van der Waals surface area contributed by atoms with Crippen LogP contribution in [-0.2, 0) is 21.4 Å². The van der Waals surface area contributed by atoms with E-state index in [0.717, 1.165) is 16.9 Å². The summed E-state index contributed by atoms with van der Waals surface area (Å²) in [5.74, 6) is -0.203. The molecule has 1 aromatic heterocycles. The molecule has 1 N–H and O–H groups in total. The molecule has 1 amide bonds. The third kappa shape index (κ3) is 4.57. The average Bonchev–Trinajstić information content (AvgIpc) is 2.97. The number of benzene rings is 1. The predicted molar refractivity (Wildman–Crippen MR) is 88.5 cm³/mol. The molecule has 0 saturated carbocycles. The van der Waals surface area contributed by atoms with Gasteiger partial charge in [-0.05, 0) is 12.0 Å². The number of anilines is 1. The highest BCUT2D eigenvalue weighted by atomic mass is 32.2. The summed E-state index contributed by atoms with van der Waals surface area (Å²) in [6.07, 6.45) is 1.06. The number of amides is 1. The van der Waals surface area contributed by atoms with Crippen LogP contribution in [0.2, 0.25) is 0 Å². The zero-order valence-electron chi connectivity index (χ0n) is 12.9. The van der Waals surface area contributed by atoms with Crippen molar-refractivity contribution in [2.45, 2.75) is 30.6 Å². The molecule has 7 nitrogen and oxygen atoms in total. The first-order valence-electron chi connectivity index (χ1n) is 7.07. The minimum absolute atomic E-state index is 0.136. The lowest BCUT2D eigenvalue weighted by atomic mass is 10.2. The molecule has 23 heavy (non-hydrogen) atoms. The number of carbonyl (C=O) groups excluding carboxylic acids is 1. The third-order valence-electron chi connectivity index (χ3n) is 3.01. The normalized spacial score (nSPS) is 11.6. The SMILES string of the molecule is CCCC(=O)Nc1nnc(S(=O)(=O)N(C)Cc2ccccc2)s1. The van der Waals surface area contributed by atoms with Crippen LogP contribution in [0, 0.1) is 0 Å². The van der Waals surface area contributed by atoms with Crippen molar-refractivity contribution in [3.8, 4) is 0 Å². The Labute approximate surface area is 139 Å². The summed E-state index contributed by atoms with van der Waals surface area (Å²) in [7, 11) is -2.25. The van der Waals surface area contributed by atoms with Gasteiger partial charge in [-0.3, -0.25) is 4.79 Å². The summed E-state index contributed by atoms with van der Waals surface area (Å²) in [4.78, 5) is 11.5. The van der Waals surface area contributed by atoms with Gasteiger partial charge in [-0.15, -0.1) is 10.2 Å². The van der Waals surface area contributed by atoms with Crippen LogP contribution >= 0.6 is 11.3 Å². The van der Waals surface area contributed by atoms with E-state index >= 15 is 0 Å². The Morgan fingerprint density at radius 1 is 1.26 bits per heavy atom. The van der Waals surface area contributed by atoms with Crippen molar-refractivity contribution >= 4 is 32.4 Å². The topological polar surface area (TPSA) is 92.3 Å². The van der Waals surface area contributed by atoms with Gasteiger partial charge in [0.15, 0.2) is 0 Å². The van der Waals surface area contributed by atoms with E-state index in [-0.39, 0.29) is 21.9 Å². The molecule has 0 bridgehead atoms. The Kier molecular flexibility index (Phi) is 5.80. The standard InChI is InChI=1S/C14H18N4O3S2/c1-3-7-12(19)15-13-16-17-14(22-13)23(20,21)18(2)10-11-8-5-4-6-9-11/h4-6,8-9H,3,7,10H2,1-2H3,(H,15,16,19). The molecule has 9 heteroatoms. The Morgan fingerprint density at radius 2 is 1.96 bits per heavy atom. The second kappa shape index (κ2) is 7.62. The summed E-state index contributed by atoms with van der Waals surface area (Å²) in [6, 6.07) is 9.27. The van der Waals surface area contributed by atoms with Crippen molar-refractivity contribution in [2.75, 3.05) is 12.4 Å². The molecular formula is C14H18N4O3S2. The van der Waals surface area contributed by atoms with Crippen LogP contribution in [-0.4, -0.2) is 35.9 Å². The fourth-order valence-corrected chi connectivity index (χ4v) is 4.10. The van der Waals surface area contributed by atoms with Crippen LogP contribution in [0.25, 0.3) is 0 Å². The highest BCUT2D eigenvalue weighted by Gasteiger charge is 2.26. The van der Waals surface area contributed by atoms with E-state index in [4.69, 9.17) is 0 Å². The van der Waals surface area contributed by atoms with Crippen molar-refractivity contribution in [2.24, 2.45) is 0 Å². The monoisotopic (exact) mass is 354 g/mol. The zero-order valence-corrected chi connectivity index (χ0v) is 14.5. The molecule has 0 saturated heterocycles. The Balaban J connectivity index is 2.10. The molecule has 0 spiro atoms. The van der Waals surface area contributed by atoms with Crippen LogP contribution in [0.4, 0.5) is 5.13 Å². The number of sulfonamides is 1. The molecule has 0 unspecified atom stereocenters. The molecular weight excluding hydrogens is 336 g/mol. The lowest BCUT2D eigenvalue weighted by Crippen LogP contribution is -2.26. The van der Waals surface area contributed by atoms with Crippen molar-refractivity contribution in [3.63, 3.8) is 0 Å². The van der Waals surface area contributed by atoms with Crippen LogP contribution in [0.5, 0.6) is 0 Å². The number of aromatic nitrogens is 2. The molecule has 124 valence electrons. The first-order chi connectivity index (χ1) is 10.9. The number of nitrogens with zero attached hydrogens (tertiary/aromatic N) is 3. The minimum atomic E-state index is -3.74. The van der Waals surface area contributed by atoms with Gasteiger partial charge >= 0.3 is 0 Å². The Hall–Kier alpha value is -1.84. The quantitative estimate of drug-likeness (QED) is 0.769. The lowest BCUT2D eigenvalue weighted by Gasteiger charge is -2.14. The van der Waals surface area contributed by atoms with Crippen LogP contribution in [0.15, 0.2) is 34.7 Å². The van der Waals surface area contributed by atoms with E-state index in [2.05, 4.69) is 15.5 Å². The maximum Gasteiger partial charge on any atom is 0.272 e. The molecule has 0 fully saturated rings. The number of hydrogen-bond acceptors (Lipinski definition) is 6. The van der Waals surface area contributed by atoms with Crippen molar-refractivity contribution in [1.82, 2.24) is 14.5 Å². The number of nitrogens with one attached hydrogen (secondary N) is 1. The largest absolute Gasteiger partial charge is 0.301 e. The fraction of sp³-hybridized carbons (Fsp3) is 0.357. The van der Waals surface area contributed by atoms with E-state index in [9.17, 15) is 13.2 Å². The molecule has 1 heterocycles. The number of hydrogen-bond donors (Lipinski definition) is 1. The second-order valence-corrected chi connectivity index (χ2v) is 8.11. The van der Waals surface area contributed by atoms with E-state index in [1.807, 2.05) is 37.3 Å². The summed E-state index contributed by atoms with van der Waals surface area (Å²) < 4.78 is 26.0. The van der Waals surface area contributed by atoms with Gasteiger partial charge in [0.1, 0.15) is 0 Å². The minimum Gasteiger partial charge on any atom is -0.301 e. The van der Waals surface area contributed by atoms with E-state index in [0.29, 0.717) is 12.8 Å². The van der Waals surface area contributed by atoms with Gasteiger partial charge in [-0.2, -0.15) is 4.31 Å². The highest BCUT2D eigenvalue weighted by molar-refractivity contribution is 7.91. The van der Waals surface area contributed by atoms with E-state index < -0.39 is 10.0 Å². The van der Waals surface area contributed by atoms with Crippen molar-refractivity contribution in [3.05, 3.63) is 35.9 Å². The molecule has 0 aliphatic carbocycles. The molecule has 1 aromatic carbocycles. The first kappa shape index (κ1) is 17.5. The fourth-order valence-electron chi connectivity index (χ4n) is 1.83. The van der Waals surface area contributed by atoms with E-state index in [1.54, 1.807) is 0 Å². The van der Waals surface area contributed by atoms with Crippen molar-refractivity contribution < 1.29 is 13.2 Å². The first-order valence-corrected chi connectivity index (χ1v) is 9.32. The molecule has 0 aliphatic heterocycles. The van der Waals surface area contributed by atoms with Crippen LogP contribution in [0.1, 0.15) is 25.3 Å². The Bertz CT molecular complexity index is 759. The van der Waals surface area contributed by atoms with Crippen LogP contribution in [0.3, 0.4) is 0 Å². The predicted octanol–water partition coefficient (Wildman–Crippen LogP) is 2.10. The molecule has 0 atom stereocenters. The van der Waals surface area contributed by atoms with E-state index in [1.165, 1.54) is 11.4 Å². The maximum absolute atomic E-state index is 12.5. The van der Waals surface area contributed by atoms with Gasteiger partial charge in [0.25, 0.3) is 10.0 Å². The summed E-state index contributed by atoms with van der Waals surface area (Å²) in [5, 5.41) is 10.1. The third-order valence-corrected chi connectivity index (χ3v) is 6.00. The summed E-state index contributed by atoms with van der Waals surface area (Å²) in [5.41, 5.74) is 0.875. The average molecular weight is 354 g/mol. The lowest BCUT2D eigenvalue weighted by molar-refractivity contribution is -0.116. The van der Waals surface area contributed by atoms with Gasteiger partial charge in [-0.25, -0.2) is 8.42 Å². The zero-order chi connectivity index (χ0) is 16.9. The van der Waals surface area contributed by atoms with Gasteiger partial charge in [0.2, 0.25) is 15.4 Å². The second-order valence-electron chi connectivity index (χ2n) is 4.92. The summed E-state index contributed by atoms with van der Waals surface area (Å²) >= 11 is 0.849. The smallest absolute Gasteiger partial charge is 0.272 e. The number of carbonyl (C=O) groups is 1. The molecule has 2 rings (SSSR count). The van der Waals surface area contributed by atoms with Gasteiger partial charge in [-0.1, -0.05) is 48.6 Å². The molecule has 0 aliphatic rings. The Morgan fingerprint density at radius 3 is 2.61 bits per heavy atom. The van der Waals surface area contributed by atoms with Gasteiger partial charge < -0.3 is 5.32 Å². The molecule has 2 aromatic rings. The van der Waals surface area contributed by atoms with Crippen LogP contribution < -0.4 is 5.32 Å². The van der Waals surface area contributed by atoms with Gasteiger partial charge in [0.05, 0.1) is 0 Å². The van der Waals surface area contributed by atoms with Gasteiger partial charge in [0, 0.05) is 20.0 Å². The van der Waals surface area contributed by atoms with Crippen molar-refractivity contribution in [1.29, 1.82) is 0 Å². The number of rotatable bonds is 7.